The summed E-state index contributed by atoms with van der Waals surface area (Å²) in [6, 6.07) is 10.3. The summed E-state index contributed by atoms with van der Waals surface area (Å²) in [5.74, 6) is 0. The Kier molecular flexibility index (Phi) is 2.42. The van der Waals surface area contributed by atoms with Gasteiger partial charge in [0, 0.05) is 24.2 Å². The summed E-state index contributed by atoms with van der Waals surface area (Å²) in [7, 11) is 0. The SMILES string of the molecule is N#CCCc1cncc2ccccc12. The normalized spacial score (nSPS) is 9.93. The van der Waals surface area contributed by atoms with Gasteiger partial charge in [0.1, 0.15) is 0 Å². The van der Waals surface area contributed by atoms with Gasteiger partial charge in [-0.15, -0.1) is 0 Å². The molecule has 0 atom stereocenters. The van der Waals surface area contributed by atoms with Crippen LogP contribution in [-0.4, -0.2) is 4.98 Å². The first-order chi connectivity index (χ1) is 6.92. The predicted octanol–water partition coefficient (Wildman–Crippen LogP) is 2.69. The Balaban J connectivity index is 2.49. The number of nitriles is 1. The van der Waals surface area contributed by atoms with Crippen LogP contribution in [-0.2, 0) is 6.42 Å². The Morgan fingerprint density at radius 3 is 2.93 bits per heavy atom. The Morgan fingerprint density at radius 1 is 1.21 bits per heavy atom. The van der Waals surface area contributed by atoms with Crippen molar-refractivity contribution < 1.29 is 0 Å². The van der Waals surface area contributed by atoms with E-state index in [1.165, 1.54) is 5.39 Å². The molecule has 0 saturated carbocycles. The maximum absolute atomic E-state index is 8.53. The van der Waals surface area contributed by atoms with Crippen molar-refractivity contribution in [3.05, 3.63) is 42.2 Å². The number of benzene rings is 1. The predicted molar refractivity (Wildman–Crippen MR) is 55.7 cm³/mol. The second-order valence-electron chi connectivity index (χ2n) is 3.18. The van der Waals surface area contributed by atoms with Crippen molar-refractivity contribution >= 4 is 10.8 Å². The lowest BCUT2D eigenvalue weighted by atomic mass is 10.0. The lowest BCUT2D eigenvalue weighted by molar-refractivity contribution is 1.01. The fourth-order valence-electron chi connectivity index (χ4n) is 1.57. The molecule has 0 unspecified atom stereocenters. The Morgan fingerprint density at radius 2 is 2.07 bits per heavy atom. The van der Waals surface area contributed by atoms with Gasteiger partial charge in [0.2, 0.25) is 0 Å². The van der Waals surface area contributed by atoms with Gasteiger partial charge < -0.3 is 0 Å². The van der Waals surface area contributed by atoms with Crippen LogP contribution in [0.25, 0.3) is 10.8 Å². The Labute approximate surface area is 82.8 Å². The van der Waals surface area contributed by atoms with E-state index in [2.05, 4.69) is 17.1 Å². The van der Waals surface area contributed by atoms with E-state index in [0.717, 1.165) is 17.4 Å². The Bertz CT molecular complexity index is 478. The first kappa shape index (κ1) is 8.71. The average Bonchev–Trinajstić information content (AvgIpc) is 2.26. The van der Waals surface area contributed by atoms with E-state index in [1.807, 2.05) is 30.6 Å². The van der Waals surface area contributed by atoms with Crippen LogP contribution in [0.2, 0.25) is 0 Å². The van der Waals surface area contributed by atoms with Gasteiger partial charge in [0.05, 0.1) is 6.07 Å². The van der Waals surface area contributed by atoms with Crippen LogP contribution < -0.4 is 0 Å². The molecule has 1 aromatic carbocycles. The highest BCUT2D eigenvalue weighted by Crippen LogP contribution is 2.17. The van der Waals surface area contributed by atoms with Gasteiger partial charge >= 0.3 is 0 Å². The summed E-state index contributed by atoms with van der Waals surface area (Å²) < 4.78 is 0. The maximum atomic E-state index is 8.53. The number of hydrogen-bond acceptors (Lipinski definition) is 2. The number of aryl methyl sites for hydroxylation is 1. The van der Waals surface area contributed by atoms with Crippen LogP contribution in [0.5, 0.6) is 0 Å². The van der Waals surface area contributed by atoms with Gasteiger partial charge in [-0.3, -0.25) is 4.98 Å². The fourth-order valence-corrected chi connectivity index (χ4v) is 1.57. The molecular weight excluding hydrogens is 172 g/mol. The van der Waals surface area contributed by atoms with Crippen molar-refractivity contribution in [3.8, 4) is 6.07 Å². The van der Waals surface area contributed by atoms with Crippen molar-refractivity contribution in [1.29, 1.82) is 5.26 Å². The molecule has 0 amide bonds. The lowest BCUT2D eigenvalue weighted by Gasteiger charge is -2.02. The minimum absolute atomic E-state index is 0.551. The molecule has 1 aromatic heterocycles. The summed E-state index contributed by atoms with van der Waals surface area (Å²) in [6.45, 7) is 0. The van der Waals surface area contributed by atoms with Gasteiger partial charge in [-0.25, -0.2) is 0 Å². The summed E-state index contributed by atoms with van der Waals surface area (Å²) in [4.78, 5) is 4.16. The highest BCUT2D eigenvalue weighted by atomic mass is 14.6. The third-order valence-corrected chi connectivity index (χ3v) is 2.26. The second-order valence-corrected chi connectivity index (χ2v) is 3.18. The number of nitrogens with zero attached hydrogens (tertiary/aromatic N) is 2. The number of fused-ring (bicyclic) bond motifs is 1. The summed E-state index contributed by atoms with van der Waals surface area (Å²) in [5.41, 5.74) is 1.16. The molecule has 0 N–H and O–H groups in total. The fraction of sp³-hybridized carbons (Fsp3) is 0.167. The molecule has 2 heteroatoms. The summed E-state index contributed by atoms with van der Waals surface area (Å²) in [5, 5.41) is 10.9. The van der Waals surface area contributed by atoms with E-state index < -0.39 is 0 Å². The van der Waals surface area contributed by atoms with Crippen LogP contribution in [0, 0.1) is 11.3 Å². The monoisotopic (exact) mass is 182 g/mol. The zero-order valence-corrected chi connectivity index (χ0v) is 7.77. The molecule has 0 saturated heterocycles. The molecule has 0 radical (unpaired) electrons. The number of rotatable bonds is 2. The molecule has 0 aliphatic carbocycles. The molecular formula is C12H10N2. The average molecular weight is 182 g/mol. The van der Waals surface area contributed by atoms with Gasteiger partial charge in [-0.05, 0) is 17.4 Å². The highest BCUT2D eigenvalue weighted by molar-refractivity contribution is 5.84. The van der Waals surface area contributed by atoms with Crippen molar-refractivity contribution in [2.45, 2.75) is 12.8 Å². The van der Waals surface area contributed by atoms with Crippen molar-refractivity contribution in [2.75, 3.05) is 0 Å². The van der Waals surface area contributed by atoms with E-state index in [0.29, 0.717) is 6.42 Å². The summed E-state index contributed by atoms with van der Waals surface area (Å²) >= 11 is 0. The van der Waals surface area contributed by atoms with Crippen LogP contribution in [0.15, 0.2) is 36.7 Å². The zero-order chi connectivity index (χ0) is 9.80. The second kappa shape index (κ2) is 3.89. The van der Waals surface area contributed by atoms with E-state index in [1.54, 1.807) is 0 Å². The topological polar surface area (TPSA) is 36.7 Å². The van der Waals surface area contributed by atoms with E-state index in [4.69, 9.17) is 5.26 Å². The van der Waals surface area contributed by atoms with Crippen molar-refractivity contribution in [2.24, 2.45) is 0 Å². The van der Waals surface area contributed by atoms with Crippen molar-refractivity contribution in [3.63, 3.8) is 0 Å². The summed E-state index contributed by atoms with van der Waals surface area (Å²) in [6.07, 6.45) is 5.03. The molecule has 14 heavy (non-hydrogen) atoms. The molecule has 0 fully saturated rings. The molecule has 0 spiro atoms. The van der Waals surface area contributed by atoms with Crippen molar-refractivity contribution in [1.82, 2.24) is 4.98 Å². The van der Waals surface area contributed by atoms with E-state index in [-0.39, 0.29) is 0 Å². The van der Waals surface area contributed by atoms with E-state index >= 15 is 0 Å². The van der Waals surface area contributed by atoms with Crippen LogP contribution in [0.4, 0.5) is 0 Å². The number of hydrogen-bond donors (Lipinski definition) is 0. The smallest absolute Gasteiger partial charge is 0.0625 e. The minimum Gasteiger partial charge on any atom is -0.264 e. The van der Waals surface area contributed by atoms with Gasteiger partial charge in [-0.1, -0.05) is 24.3 Å². The largest absolute Gasteiger partial charge is 0.264 e. The molecule has 2 aromatic rings. The van der Waals surface area contributed by atoms with Crippen LogP contribution in [0.1, 0.15) is 12.0 Å². The van der Waals surface area contributed by atoms with Crippen LogP contribution in [0.3, 0.4) is 0 Å². The third kappa shape index (κ3) is 1.57. The molecule has 68 valence electrons. The minimum atomic E-state index is 0.551. The molecule has 0 bridgehead atoms. The van der Waals surface area contributed by atoms with E-state index in [9.17, 15) is 0 Å². The van der Waals surface area contributed by atoms with Gasteiger partial charge in [0.25, 0.3) is 0 Å². The van der Waals surface area contributed by atoms with Crippen LogP contribution >= 0.6 is 0 Å². The number of pyridine rings is 1. The first-order valence-electron chi connectivity index (χ1n) is 4.60. The standard InChI is InChI=1S/C12H10N2/c13-7-3-5-11-9-14-8-10-4-1-2-6-12(10)11/h1-2,4,6,8-9H,3,5H2. The first-order valence-corrected chi connectivity index (χ1v) is 4.60. The van der Waals surface area contributed by atoms with Gasteiger partial charge in [-0.2, -0.15) is 5.26 Å². The molecule has 2 nitrogen and oxygen atoms in total. The third-order valence-electron chi connectivity index (χ3n) is 2.26. The zero-order valence-electron chi connectivity index (χ0n) is 7.77. The molecule has 1 heterocycles. The lowest BCUT2D eigenvalue weighted by Crippen LogP contribution is -1.87. The molecule has 2 rings (SSSR count). The quantitative estimate of drug-likeness (QED) is 0.716. The van der Waals surface area contributed by atoms with Gasteiger partial charge in [0.15, 0.2) is 0 Å². The molecule has 0 aliphatic heterocycles. The highest BCUT2D eigenvalue weighted by Gasteiger charge is 1.99. The maximum Gasteiger partial charge on any atom is 0.0625 e. The molecule has 0 aliphatic rings. The number of aromatic nitrogens is 1. The Hall–Kier alpha value is -1.88.